The van der Waals surface area contributed by atoms with E-state index in [-0.39, 0.29) is 6.10 Å². The van der Waals surface area contributed by atoms with Gasteiger partial charge in [-0.2, -0.15) is 4.98 Å². The standard InChI is InChI=1S/C13H22N4O/c1-9(2)18-13-7-15-6-12(16-13)17-5-4-11(14)10(3)8-17/h6-7,9-11H,4-5,8,14H2,1-3H3. The van der Waals surface area contributed by atoms with Crippen molar-refractivity contribution in [2.45, 2.75) is 39.3 Å². The molecule has 2 N–H and O–H groups in total. The van der Waals surface area contributed by atoms with Gasteiger partial charge in [0.2, 0.25) is 5.88 Å². The van der Waals surface area contributed by atoms with E-state index in [1.807, 2.05) is 13.8 Å². The number of aromatic nitrogens is 2. The van der Waals surface area contributed by atoms with Crippen LogP contribution in [0.5, 0.6) is 5.88 Å². The molecule has 2 rings (SSSR count). The Morgan fingerprint density at radius 3 is 2.89 bits per heavy atom. The summed E-state index contributed by atoms with van der Waals surface area (Å²) in [5, 5.41) is 0. The van der Waals surface area contributed by atoms with Crippen LogP contribution in [0.25, 0.3) is 0 Å². The minimum absolute atomic E-state index is 0.114. The van der Waals surface area contributed by atoms with Crippen LogP contribution in [0.15, 0.2) is 12.4 Å². The molecule has 0 aliphatic carbocycles. The predicted molar refractivity (Wildman–Crippen MR) is 71.8 cm³/mol. The van der Waals surface area contributed by atoms with Gasteiger partial charge in [0.1, 0.15) is 0 Å². The SMILES string of the molecule is CC(C)Oc1cncc(N2CCC(N)C(C)C2)n1. The predicted octanol–water partition coefficient (Wildman–Crippen LogP) is 1.44. The summed E-state index contributed by atoms with van der Waals surface area (Å²) in [7, 11) is 0. The average molecular weight is 250 g/mol. The molecule has 18 heavy (non-hydrogen) atoms. The van der Waals surface area contributed by atoms with E-state index in [2.05, 4.69) is 21.8 Å². The molecule has 5 nitrogen and oxygen atoms in total. The van der Waals surface area contributed by atoms with Gasteiger partial charge in [-0.05, 0) is 26.2 Å². The summed E-state index contributed by atoms with van der Waals surface area (Å²) < 4.78 is 5.57. The Hall–Kier alpha value is -1.36. The molecule has 1 saturated heterocycles. The van der Waals surface area contributed by atoms with Crippen LogP contribution in [0.1, 0.15) is 27.2 Å². The molecule has 1 aliphatic heterocycles. The molecule has 1 fully saturated rings. The summed E-state index contributed by atoms with van der Waals surface area (Å²) in [4.78, 5) is 10.9. The second-order valence-corrected chi connectivity index (χ2v) is 5.26. The van der Waals surface area contributed by atoms with Gasteiger partial charge in [-0.15, -0.1) is 0 Å². The van der Waals surface area contributed by atoms with Gasteiger partial charge in [0.05, 0.1) is 18.5 Å². The second-order valence-electron chi connectivity index (χ2n) is 5.26. The fraction of sp³-hybridized carbons (Fsp3) is 0.692. The van der Waals surface area contributed by atoms with Crippen molar-refractivity contribution in [2.75, 3.05) is 18.0 Å². The highest BCUT2D eigenvalue weighted by atomic mass is 16.5. The lowest BCUT2D eigenvalue weighted by Gasteiger charge is -2.35. The van der Waals surface area contributed by atoms with Gasteiger partial charge in [-0.25, -0.2) is 0 Å². The number of piperidine rings is 1. The van der Waals surface area contributed by atoms with Crippen LogP contribution in [0.3, 0.4) is 0 Å². The van der Waals surface area contributed by atoms with Gasteiger partial charge < -0.3 is 15.4 Å². The molecule has 0 saturated carbocycles. The molecule has 0 bridgehead atoms. The zero-order valence-corrected chi connectivity index (χ0v) is 11.3. The molecule has 0 amide bonds. The maximum Gasteiger partial charge on any atom is 0.234 e. The van der Waals surface area contributed by atoms with Crippen molar-refractivity contribution in [1.82, 2.24) is 9.97 Å². The van der Waals surface area contributed by atoms with Crippen LogP contribution in [0, 0.1) is 5.92 Å². The first-order chi connectivity index (χ1) is 8.56. The van der Waals surface area contributed by atoms with E-state index in [4.69, 9.17) is 10.5 Å². The zero-order chi connectivity index (χ0) is 13.1. The molecule has 2 heterocycles. The Labute approximate surface area is 108 Å². The first-order valence-electron chi connectivity index (χ1n) is 6.55. The number of nitrogens with two attached hydrogens (primary N) is 1. The van der Waals surface area contributed by atoms with Crippen LogP contribution >= 0.6 is 0 Å². The van der Waals surface area contributed by atoms with E-state index in [1.165, 1.54) is 0 Å². The van der Waals surface area contributed by atoms with Crippen LogP contribution in [0.4, 0.5) is 5.82 Å². The number of ether oxygens (including phenoxy) is 1. The van der Waals surface area contributed by atoms with Gasteiger partial charge in [0, 0.05) is 19.1 Å². The lowest BCUT2D eigenvalue weighted by molar-refractivity contribution is 0.231. The Morgan fingerprint density at radius 1 is 1.44 bits per heavy atom. The van der Waals surface area contributed by atoms with Gasteiger partial charge >= 0.3 is 0 Å². The Balaban J connectivity index is 2.08. The number of hydrogen-bond acceptors (Lipinski definition) is 5. The molecule has 1 aromatic rings. The Bertz CT molecular complexity index is 396. The van der Waals surface area contributed by atoms with Crippen molar-refractivity contribution in [3.63, 3.8) is 0 Å². The van der Waals surface area contributed by atoms with Crippen molar-refractivity contribution in [3.8, 4) is 5.88 Å². The number of hydrogen-bond donors (Lipinski definition) is 1. The third kappa shape index (κ3) is 3.10. The Kier molecular flexibility index (Phi) is 4.01. The van der Waals surface area contributed by atoms with Gasteiger partial charge in [-0.1, -0.05) is 6.92 Å². The lowest BCUT2D eigenvalue weighted by atomic mass is 9.95. The second kappa shape index (κ2) is 5.52. The highest BCUT2D eigenvalue weighted by Crippen LogP contribution is 2.21. The quantitative estimate of drug-likeness (QED) is 0.879. The topological polar surface area (TPSA) is 64.3 Å². The summed E-state index contributed by atoms with van der Waals surface area (Å²) in [6, 6.07) is 0.296. The summed E-state index contributed by atoms with van der Waals surface area (Å²) in [6.07, 6.45) is 4.56. The van der Waals surface area contributed by atoms with Gasteiger partial charge in [-0.3, -0.25) is 4.98 Å². The van der Waals surface area contributed by atoms with Crippen LogP contribution < -0.4 is 15.4 Å². The molecular formula is C13H22N4O. The summed E-state index contributed by atoms with van der Waals surface area (Å²) in [5.41, 5.74) is 6.03. The van der Waals surface area contributed by atoms with E-state index in [9.17, 15) is 0 Å². The first kappa shape index (κ1) is 13.1. The van der Waals surface area contributed by atoms with Crippen molar-refractivity contribution < 1.29 is 4.74 Å². The van der Waals surface area contributed by atoms with Crippen LogP contribution in [-0.2, 0) is 0 Å². The zero-order valence-electron chi connectivity index (χ0n) is 11.3. The van der Waals surface area contributed by atoms with Gasteiger partial charge in [0.25, 0.3) is 0 Å². The highest BCUT2D eigenvalue weighted by molar-refractivity contribution is 5.38. The lowest BCUT2D eigenvalue weighted by Crippen LogP contribution is -2.46. The molecular weight excluding hydrogens is 228 g/mol. The van der Waals surface area contributed by atoms with Crippen molar-refractivity contribution in [2.24, 2.45) is 11.7 Å². The third-order valence-corrected chi connectivity index (χ3v) is 3.25. The molecule has 0 spiro atoms. The van der Waals surface area contributed by atoms with Crippen molar-refractivity contribution >= 4 is 5.82 Å². The monoisotopic (exact) mass is 250 g/mol. The normalized spacial score (nSPS) is 24.4. The molecule has 100 valence electrons. The molecule has 5 heteroatoms. The van der Waals surface area contributed by atoms with E-state index in [0.29, 0.717) is 17.8 Å². The fourth-order valence-electron chi connectivity index (χ4n) is 2.16. The smallest absolute Gasteiger partial charge is 0.234 e. The van der Waals surface area contributed by atoms with E-state index >= 15 is 0 Å². The number of anilines is 1. The summed E-state index contributed by atoms with van der Waals surface area (Å²) in [5.74, 6) is 1.95. The molecule has 2 unspecified atom stereocenters. The highest BCUT2D eigenvalue weighted by Gasteiger charge is 2.24. The first-order valence-corrected chi connectivity index (χ1v) is 6.55. The molecule has 1 aliphatic rings. The molecule has 2 atom stereocenters. The number of nitrogens with zero attached hydrogens (tertiary/aromatic N) is 3. The van der Waals surface area contributed by atoms with E-state index in [0.717, 1.165) is 25.3 Å². The maximum atomic E-state index is 6.03. The van der Waals surface area contributed by atoms with Gasteiger partial charge in [0.15, 0.2) is 5.82 Å². The van der Waals surface area contributed by atoms with Crippen LogP contribution in [-0.4, -0.2) is 35.2 Å². The number of rotatable bonds is 3. The van der Waals surface area contributed by atoms with Crippen LogP contribution in [0.2, 0.25) is 0 Å². The molecule has 0 radical (unpaired) electrons. The minimum atomic E-state index is 0.114. The summed E-state index contributed by atoms with van der Waals surface area (Å²) in [6.45, 7) is 8.01. The average Bonchev–Trinajstić information content (AvgIpc) is 2.32. The Morgan fingerprint density at radius 2 is 2.22 bits per heavy atom. The summed E-state index contributed by atoms with van der Waals surface area (Å²) >= 11 is 0. The van der Waals surface area contributed by atoms with E-state index < -0.39 is 0 Å². The minimum Gasteiger partial charge on any atom is -0.474 e. The van der Waals surface area contributed by atoms with E-state index in [1.54, 1.807) is 12.4 Å². The maximum absolute atomic E-state index is 6.03. The molecule has 0 aromatic carbocycles. The van der Waals surface area contributed by atoms with Crippen molar-refractivity contribution in [3.05, 3.63) is 12.4 Å². The largest absolute Gasteiger partial charge is 0.474 e. The molecule has 1 aromatic heterocycles. The fourth-order valence-corrected chi connectivity index (χ4v) is 2.16. The third-order valence-electron chi connectivity index (χ3n) is 3.25. The van der Waals surface area contributed by atoms with Crippen molar-refractivity contribution in [1.29, 1.82) is 0 Å².